The van der Waals surface area contributed by atoms with Crippen molar-refractivity contribution in [2.75, 3.05) is 13.2 Å². The SMILES string of the molecule is O=C(O)C1(c2csc(-c3cc[nH]c3)n2)COC1. The van der Waals surface area contributed by atoms with Crippen molar-refractivity contribution in [3.05, 3.63) is 29.5 Å². The van der Waals surface area contributed by atoms with Gasteiger partial charge in [0.1, 0.15) is 5.01 Å². The van der Waals surface area contributed by atoms with Crippen LogP contribution in [0.25, 0.3) is 10.6 Å². The highest BCUT2D eigenvalue weighted by Crippen LogP contribution is 2.35. The first-order valence-corrected chi connectivity index (χ1v) is 6.01. The summed E-state index contributed by atoms with van der Waals surface area (Å²) in [5, 5.41) is 11.9. The van der Waals surface area contributed by atoms with E-state index in [-0.39, 0.29) is 13.2 Å². The summed E-state index contributed by atoms with van der Waals surface area (Å²) in [6.45, 7) is 0.414. The van der Waals surface area contributed by atoms with Gasteiger partial charge in [0.25, 0.3) is 0 Å². The minimum atomic E-state index is -0.939. The van der Waals surface area contributed by atoms with E-state index in [1.165, 1.54) is 11.3 Å². The summed E-state index contributed by atoms with van der Waals surface area (Å²) in [7, 11) is 0. The van der Waals surface area contributed by atoms with E-state index in [0.717, 1.165) is 10.6 Å². The molecule has 0 aliphatic carbocycles. The van der Waals surface area contributed by atoms with Crippen molar-refractivity contribution in [2.45, 2.75) is 5.41 Å². The molecule has 0 atom stereocenters. The number of carboxylic acid groups (broad SMARTS) is 1. The third kappa shape index (κ3) is 1.49. The number of carbonyl (C=O) groups is 1. The fraction of sp³-hybridized carbons (Fsp3) is 0.273. The molecule has 0 radical (unpaired) electrons. The lowest BCUT2D eigenvalue weighted by molar-refractivity contribution is -0.163. The molecule has 0 unspecified atom stereocenters. The molecule has 1 aliphatic rings. The van der Waals surface area contributed by atoms with Crippen molar-refractivity contribution in [1.29, 1.82) is 0 Å². The average molecular weight is 250 g/mol. The van der Waals surface area contributed by atoms with Gasteiger partial charge in [-0.2, -0.15) is 0 Å². The van der Waals surface area contributed by atoms with Crippen LogP contribution < -0.4 is 0 Å². The maximum Gasteiger partial charge on any atom is 0.320 e. The monoisotopic (exact) mass is 250 g/mol. The Bertz CT molecular complexity index is 543. The summed E-state index contributed by atoms with van der Waals surface area (Å²) in [6, 6.07) is 1.91. The molecule has 2 aromatic rings. The van der Waals surface area contributed by atoms with Crippen molar-refractivity contribution in [3.63, 3.8) is 0 Å². The molecule has 0 spiro atoms. The first kappa shape index (κ1) is 10.5. The summed E-state index contributed by atoms with van der Waals surface area (Å²) < 4.78 is 5.03. The second-order valence-electron chi connectivity index (χ2n) is 4.02. The van der Waals surface area contributed by atoms with Crippen LogP contribution in [0.5, 0.6) is 0 Å². The summed E-state index contributed by atoms with van der Waals surface area (Å²) in [4.78, 5) is 18.6. The van der Waals surface area contributed by atoms with E-state index in [1.54, 1.807) is 5.38 Å². The van der Waals surface area contributed by atoms with Crippen molar-refractivity contribution >= 4 is 17.3 Å². The molecule has 6 heteroatoms. The minimum absolute atomic E-state index is 0.207. The molecule has 3 rings (SSSR count). The van der Waals surface area contributed by atoms with Crippen molar-refractivity contribution < 1.29 is 14.6 Å². The second-order valence-corrected chi connectivity index (χ2v) is 4.88. The third-order valence-electron chi connectivity index (χ3n) is 2.95. The number of aliphatic carboxylic acids is 1. The van der Waals surface area contributed by atoms with Gasteiger partial charge in [-0.1, -0.05) is 0 Å². The number of H-pyrrole nitrogens is 1. The van der Waals surface area contributed by atoms with Crippen LogP contribution in [0.4, 0.5) is 0 Å². The summed E-state index contributed by atoms with van der Waals surface area (Å²) in [6.07, 6.45) is 3.66. The van der Waals surface area contributed by atoms with Crippen LogP contribution in [0.15, 0.2) is 23.8 Å². The van der Waals surface area contributed by atoms with E-state index in [4.69, 9.17) is 4.74 Å². The van der Waals surface area contributed by atoms with E-state index in [2.05, 4.69) is 9.97 Å². The van der Waals surface area contributed by atoms with E-state index in [9.17, 15) is 9.90 Å². The van der Waals surface area contributed by atoms with Crippen LogP contribution in [0.2, 0.25) is 0 Å². The highest BCUT2D eigenvalue weighted by molar-refractivity contribution is 7.13. The number of carboxylic acids is 1. The number of rotatable bonds is 3. The fourth-order valence-electron chi connectivity index (χ4n) is 1.77. The Morgan fingerprint density at radius 1 is 1.59 bits per heavy atom. The predicted molar refractivity (Wildman–Crippen MR) is 62.0 cm³/mol. The van der Waals surface area contributed by atoms with Crippen LogP contribution >= 0.6 is 11.3 Å². The van der Waals surface area contributed by atoms with Gasteiger partial charge in [-0.3, -0.25) is 4.79 Å². The Hall–Kier alpha value is -1.66. The molecule has 0 amide bonds. The topological polar surface area (TPSA) is 75.2 Å². The van der Waals surface area contributed by atoms with Gasteiger partial charge in [0.15, 0.2) is 5.41 Å². The molecular formula is C11H10N2O3S. The molecule has 0 saturated carbocycles. The average Bonchev–Trinajstić information content (AvgIpc) is 2.83. The number of hydrogen-bond donors (Lipinski definition) is 2. The standard InChI is InChI=1S/C11H10N2O3S/c14-10(15)11(5-16-6-11)8-4-17-9(13-8)7-1-2-12-3-7/h1-4,12H,5-6H2,(H,14,15). The number of aromatic nitrogens is 2. The van der Waals surface area contributed by atoms with Crippen LogP contribution in [0.3, 0.4) is 0 Å². The maximum atomic E-state index is 11.3. The van der Waals surface area contributed by atoms with Gasteiger partial charge in [-0.25, -0.2) is 4.98 Å². The molecule has 1 aliphatic heterocycles. The number of nitrogens with zero attached hydrogens (tertiary/aromatic N) is 1. The Morgan fingerprint density at radius 3 is 2.94 bits per heavy atom. The Kier molecular flexibility index (Phi) is 2.27. The van der Waals surface area contributed by atoms with Gasteiger partial charge >= 0.3 is 5.97 Å². The second kappa shape index (κ2) is 3.68. The number of aromatic amines is 1. The predicted octanol–water partition coefficient (Wildman–Crippen LogP) is 1.49. The van der Waals surface area contributed by atoms with Crippen LogP contribution in [-0.2, 0) is 14.9 Å². The van der Waals surface area contributed by atoms with Crippen molar-refractivity contribution in [3.8, 4) is 10.6 Å². The first-order valence-electron chi connectivity index (χ1n) is 5.13. The van der Waals surface area contributed by atoms with E-state index >= 15 is 0 Å². The van der Waals surface area contributed by atoms with Gasteiger partial charge in [0.05, 0.1) is 18.9 Å². The van der Waals surface area contributed by atoms with E-state index in [0.29, 0.717) is 5.69 Å². The first-order chi connectivity index (χ1) is 8.22. The molecule has 1 saturated heterocycles. The largest absolute Gasteiger partial charge is 0.480 e. The Labute approximate surface area is 101 Å². The molecule has 2 N–H and O–H groups in total. The molecule has 3 heterocycles. The third-order valence-corrected chi connectivity index (χ3v) is 3.84. The summed E-state index contributed by atoms with van der Waals surface area (Å²) in [5.74, 6) is -0.866. The zero-order valence-corrected chi connectivity index (χ0v) is 9.66. The van der Waals surface area contributed by atoms with Crippen molar-refractivity contribution in [1.82, 2.24) is 9.97 Å². The maximum absolute atomic E-state index is 11.3. The Balaban J connectivity index is 1.98. The lowest BCUT2D eigenvalue weighted by atomic mass is 9.83. The summed E-state index contributed by atoms with van der Waals surface area (Å²) in [5.41, 5.74) is 0.630. The molecule has 1 fully saturated rings. The van der Waals surface area contributed by atoms with Gasteiger partial charge in [-0.05, 0) is 6.07 Å². The normalized spacial score (nSPS) is 17.6. The minimum Gasteiger partial charge on any atom is -0.480 e. The van der Waals surface area contributed by atoms with Crippen LogP contribution in [0, 0.1) is 0 Å². The number of nitrogens with one attached hydrogen (secondary N) is 1. The molecule has 88 valence electrons. The molecule has 2 aromatic heterocycles. The number of ether oxygens (including phenoxy) is 1. The smallest absolute Gasteiger partial charge is 0.320 e. The van der Waals surface area contributed by atoms with E-state index < -0.39 is 11.4 Å². The summed E-state index contributed by atoms with van der Waals surface area (Å²) >= 11 is 1.45. The van der Waals surface area contributed by atoms with Crippen molar-refractivity contribution in [2.24, 2.45) is 0 Å². The zero-order chi connectivity index (χ0) is 11.9. The highest BCUT2D eigenvalue weighted by atomic mass is 32.1. The fourth-order valence-corrected chi connectivity index (χ4v) is 2.69. The lowest BCUT2D eigenvalue weighted by Gasteiger charge is -2.35. The van der Waals surface area contributed by atoms with Gasteiger partial charge in [0.2, 0.25) is 0 Å². The quantitative estimate of drug-likeness (QED) is 0.865. The highest BCUT2D eigenvalue weighted by Gasteiger charge is 2.49. The zero-order valence-electron chi connectivity index (χ0n) is 8.84. The number of hydrogen-bond acceptors (Lipinski definition) is 4. The van der Waals surface area contributed by atoms with Crippen LogP contribution in [0.1, 0.15) is 5.69 Å². The van der Waals surface area contributed by atoms with Gasteiger partial charge in [0, 0.05) is 23.3 Å². The molecule has 17 heavy (non-hydrogen) atoms. The molecule has 0 aromatic carbocycles. The van der Waals surface area contributed by atoms with Crippen LogP contribution in [-0.4, -0.2) is 34.3 Å². The molecule has 0 bridgehead atoms. The lowest BCUT2D eigenvalue weighted by Crippen LogP contribution is -2.53. The van der Waals surface area contributed by atoms with Gasteiger partial charge < -0.3 is 14.8 Å². The van der Waals surface area contributed by atoms with Gasteiger partial charge in [-0.15, -0.1) is 11.3 Å². The molecular weight excluding hydrogens is 240 g/mol. The number of thiazole rings is 1. The molecule has 5 nitrogen and oxygen atoms in total. The Morgan fingerprint density at radius 2 is 2.41 bits per heavy atom. The van der Waals surface area contributed by atoms with E-state index in [1.807, 2.05) is 18.5 Å².